The summed E-state index contributed by atoms with van der Waals surface area (Å²) in [7, 11) is 0. The smallest absolute Gasteiger partial charge is 0.0547 e. The lowest BCUT2D eigenvalue weighted by Crippen LogP contribution is -2.21. The van der Waals surface area contributed by atoms with Gasteiger partial charge in [-0.2, -0.15) is 0 Å². The van der Waals surface area contributed by atoms with E-state index in [1.165, 1.54) is 116 Å². The summed E-state index contributed by atoms with van der Waals surface area (Å²) in [6, 6.07) is 0. The van der Waals surface area contributed by atoms with Crippen molar-refractivity contribution < 1.29 is 14.2 Å². The van der Waals surface area contributed by atoms with Crippen LogP contribution in [0.15, 0.2) is 23.3 Å². The van der Waals surface area contributed by atoms with Crippen molar-refractivity contribution in [3.63, 3.8) is 0 Å². The largest absolute Gasteiger partial charge is 0.378 e. The van der Waals surface area contributed by atoms with Gasteiger partial charge in [0.1, 0.15) is 0 Å². The highest BCUT2D eigenvalue weighted by Gasteiger charge is 2.15. The summed E-state index contributed by atoms with van der Waals surface area (Å²) in [5, 5.41) is 0. The number of halogens is 1. The molecule has 2 aliphatic heterocycles. The minimum atomic E-state index is 0. The number of hydrogen-bond donors (Lipinski definition) is 0. The van der Waals surface area contributed by atoms with Crippen molar-refractivity contribution in [1.29, 1.82) is 0 Å². The highest BCUT2D eigenvalue weighted by atomic mass is 19.0. The Morgan fingerprint density at radius 1 is 0.358 bits per heavy atom. The van der Waals surface area contributed by atoms with Crippen LogP contribution in [0.1, 0.15) is 228 Å². The topological polar surface area (TPSA) is 18.5 Å². The Bertz CT molecular complexity index is 655. The van der Waals surface area contributed by atoms with E-state index in [0.29, 0.717) is 12.2 Å². The first-order valence-electron chi connectivity index (χ1n) is 21.3. The number of hydrogen-bond acceptors (Lipinski definition) is 2. The number of rotatable bonds is 0. The van der Waals surface area contributed by atoms with Crippen LogP contribution in [-0.2, 0) is 9.47 Å². The molecule has 0 aromatic heterocycles. The molecule has 3 heteroatoms. The Morgan fingerprint density at radius 3 is 0.755 bits per heavy atom. The van der Waals surface area contributed by atoms with Gasteiger partial charge in [-0.25, -0.2) is 0 Å². The summed E-state index contributed by atoms with van der Waals surface area (Å²) in [4.78, 5) is 0. The van der Waals surface area contributed by atoms with E-state index >= 15 is 0 Å². The summed E-state index contributed by atoms with van der Waals surface area (Å²) < 4.78 is 10.8. The van der Waals surface area contributed by atoms with Crippen LogP contribution in [0.3, 0.4) is 0 Å². The summed E-state index contributed by atoms with van der Waals surface area (Å²) in [5.74, 6) is 7.56. The maximum atomic E-state index is 5.39. The molecule has 0 N–H and O–H groups in total. The first kappa shape index (κ1) is 61.5. The summed E-state index contributed by atoms with van der Waals surface area (Å²) in [6.07, 6.45) is 30.9. The van der Waals surface area contributed by atoms with Crippen LogP contribution in [-0.4, -0.2) is 25.4 Å². The van der Waals surface area contributed by atoms with Gasteiger partial charge < -0.3 is 9.47 Å². The zero-order valence-corrected chi connectivity index (χ0v) is 35.3. The van der Waals surface area contributed by atoms with E-state index in [9.17, 15) is 0 Å². The van der Waals surface area contributed by atoms with Crippen molar-refractivity contribution in [2.45, 2.75) is 241 Å². The van der Waals surface area contributed by atoms with Crippen molar-refractivity contribution in [2.24, 2.45) is 47.3 Å². The van der Waals surface area contributed by atoms with Crippen molar-refractivity contribution >= 4 is 0 Å². The normalized spacial score (nSPS) is 33.0. The molecule has 2 saturated heterocycles. The molecule has 0 aromatic carbocycles. The van der Waals surface area contributed by atoms with Crippen LogP contribution in [0.2, 0.25) is 0 Å². The van der Waals surface area contributed by atoms with E-state index in [1.54, 1.807) is 11.1 Å². The summed E-state index contributed by atoms with van der Waals surface area (Å²) in [5.41, 5.74) is 3.17. The third-order valence-electron chi connectivity index (χ3n) is 11.9. The van der Waals surface area contributed by atoms with E-state index in [-0.39, 0.29) is 34.4 Å². The predicted molar refractivity (Wildman–Crippen MR) is 244 cm³/mol. The molecule has 0 spiro atoms. The molecule has 4 aliphatic carbocycles. The lowest BCUT2D eigenvalue weighted by atomic mass is 9.84. The number of allylic oxidation sites excluding steroid dienone is 4. The SMILES string of the molecule is C.C.C.C.CC1=CCC(C)CC1.CC1=CCC(C)CC1.CC1CCC(C)CC1.CC1CCC(C)CC1.CC1CCC(C)OC1.CC1CCC(C)OC1.F. The Morgan fingerprint density at radius 2 is 0.604 bits per heavy atom. The van der Waals surface area contributed by atoms with Crippen LogP contribution in [0.4, 0.5) is 4.70 Å². The molecular formula is C50H105FO2. The van der Waals surface area contributed by atoms with Crippen LogP contribution < -0.4 is 0 Å². The minimum absolute atomic E-state index is 0. The van der Waals surface area contributed by atoms with Crippen molar-refractivity contribution in [2.75, 3.05) is 13.2 Å². The summed E-state index contributed by atoms with van der Waals surface area (Å²) in [6.45, 7) is 29.3. The Balaban J connectivity index is -0.000000171. The van der Waals surface area contributed by atoms with E-state index in [0.717, 1.165) is 60.6 Å². The minimum Gasteiger partial charge on any atom is -0.378 e. The van der Waals surface area contributed by atoms with Crippen LogP contribution in [0, 0.1) is 47.3 Å². The first-order valence-corrected chi connectivity index (χ1v) is 21.3. The van der Waals surface area contributed by atoms with Crippen molar-refractivity contribution in [3.05, 3.63) is 23.3 Å². The fourth-order valence-electron chi connectivity index (χ4n) is 7.08. The second-order valence-electron chi connectivity index (χ2n) is 18.2. The molecule has 324 valence electrons. The van der Waals surface area contributed by atoms with Gasteiger partial charge in [-0.15, -0.1) is 0 Å². The van der Waals surface area contributed by atoms with Crippen LogP contribution in [0.25, 0.3) is 0 Å². The molecule has 6 unspecified atom stereocenters. The van der Waals surface area contributed by atoms with Crippen LogP contribution >= 0.6 is 0 Å². The fourth-order valence-corrected chi connectivity index (χ4v) is 7.08. The van der Waals surface area contributed by atoms with Gasteiger partial charge in [0.05, 0.1) is 12.2 Å². The molecule has 0 bridgehead atoms. The highest BCUT2D eigenvalue weighted by Crippen LogP contribution is 2.28. The fraction of sp³-hybridized carbons (Fsp3) is 0.920. The van der Waals surface area contributed by atoms with Crippen molar-refractivity contribution in [3.8, 4) is 0 Å². The van der Waals surface area contributed by atoms with Gasteiger partial charge in [-0.05, 0) is 139 Å². The lowest BCUT2D eigenvalue weighted by Gasteiger charge is -2.23. The van der Waals surface area contributed by atoms with Gasteiger partial charge >= 0.3 is 0 Å². The van der Waals surface area contributed by atoms with Gasteiger partial charge in [0, 0.05) is 13.2 Å². The van der Waals surface area contributed by atoms with E-state index in [4.69, 9.17) is 9.47 Å². The molecule has 6 aliphatic rings. The first-order chi connectivity index (χ1) is 22.7. The monoisotopic (exact) mass is 757 g/mol. The molecule has 6 atom stereocenters. The van der Waals surface area contributed by atoms with E-state index < -0.39 is 0 Å². The second-order valence-corrected chi connectivity index (χ2v) is 18.2. The molecule has 2 heterocycles. The van der Waals surface area contributed by atoms with Gasteiger partial charge in [0.25, 0.3) is 0 Å². The molecule has 53 heavy (non-hydrogen) atoms. The zero-order chi connectivity index (χ0) is 35.9. The molecule has 4 fully saturated rings. The highest BCUT2D eigenvalue weighted by molar-refractivity contribution is 5.02. The zero-order valence-electron chi connectivity index (χ0n) is 35.3. The third kappa shape index (κ3) is 35.5. The average Bonchev–Trinajstić information content (AvgIpc) is 3.07. The van der Waals surface area contributed by atoms with Gasteiger partial charge in [-0.3, -0.25) is 4.70 Å². The van der Waals surface area contributed by atoms with E-state index in [2.05, 4.69) is 95.2 Å². The van der Waals surface area contributed by atoms with Crippen molar-refractivity contribution in [1.82, 2.24) is 0 Å². The Hall–Kier alpha value is -0.670. The molecule has 2 nitrogen and oxygen atoms in total. The van der Waals surface area contributed by atoms with Gasteiger partial charge in [0.15, 0.2) is 0 Å². The Kier molecular flexibility index (Phi) is 42.9. The molecule has 0 radical (unpaired) electrons. The van der Waals surface area contributed by atoms with Crippen LogP contribution in [0.5, 0.6) is 0 Å². The summed E-state index contributed by atoms with van der Waals surface area (Å²) >= 11 is 0. The molecule has 0 amide bonds. The van der Waals surface area contributed by atoms with Gasteiger partial charge in [0.2, 0.25) is 0 Å². The maximum absolute atomic E-state index is 5.39. The number of ether oxygens (including phenoxy) is 2. The molecular weight excluding hydrogens is 652 g/mol. The third-order valence-corrected chi connectivity index (χ3v) is 11.9. The predicted octanol–water partition coefficient (Wildman–Crippen LogP) is 17.5. The molecule has 6 rings (SSSR count). The second kappa shape index (κ2) is 36.9. The maximum Gasteiger partial charge on any atom is 0.0547 e. The standard InChI is InChI=1S/2C8H16.2C8H14.2C7H14O.4CH4.FH/c4*1-7-3-5-8(2)6-4-7;2*1-6-3-4-7(2)8-5-6;;;;;/h2*7-8H,3-6H2,1-2H3;2*3,8H,4-6H2,1-2H3;2*6-7H,3-5H2,1-2H3;4*1H4;1H. The Labute approximate surface area is 337 Å². The molecule has 0 aromatic rings. The quantitative estimate of drug-likeness (QED) is 0.229. The average molecular weight is 757 g/mol. The van der Waals surface area contributed by atoms with E-state index in [1.807, 2.05) is 0 Å². The molecule has 2 saturated carbocycles. The van der Waals surface area contributed by atoms with Gasteiger partial charge in [-0.1, -0.05) is 160 Å². The lowest BCUT2D eigenvalue weighted by molar-refractivity contribution is 0.000174.